The van der Waals surface area contributed by atoms with Crippen LogP contribution < -0.4 is 5.19 Å². The summed E-state index contributed by atoms with van der Waals surface area (Å²) >= 11 is 0. The minimum atomic E-state index is -1.70. The summed E-state index contributed by atoms with van der Waals surface area (Å²) in [6, 6.07) is 11.0. The minimum Gasteiger partial charge on any atom is -0.520 e. The van der Waals surface area contributed by atoms with Crippen molar-refractivity contribution in [3.05, 3.63) is 41.9 Å². The van der Waals surface area contributed by atoms with E-state index in [4.69, 9.17) is 9.16 Å². The molecule has 0 bridgehead atoms. The Kier molecular flexibility index (Phi) is 7.35. The molecule has 2 nitrogen and oxygen atoms in total. The van der Waals surface area contributed by atoms with Crippen LogP contribution in [0, 0.1) is 5.92 Å². The summed E-state index contributed by atoms with van der Waals surface area (Å²) in [7, 11) is -1.65. The smallest absolute Gasteiger partial charge is 0.263 e. The van der Waals surface area contributed by atoms with Gasteiger partial charge in [0.2, 0.25) is 8.32 Å². The third-order valence-electron chi connectivity index (χ3n) is 4.53. The average molecular weight is 365 g/mol. The molecule has 1 atom stereocenters. The summed E-state index contributed by atoms with van der Waals surface area (Å²) in [5.41, 5.74) is 1.79. The second-order valence-corrected chi connectivity index (χ2v) is 17.8. The summed E-state index contributed by atoms with van der Waals surface area (Å²) in [5, 5.41) is 1.50. The van der Waals surface area contributed by atoms with Crippen LogP contribution in [-0.2, 0) is 9.16 Å². The van der Waals surface area contributed by atoms with Gasteiger partial charge in [-0.25, -0.2) is 0 Å². The zero-order valence-electron chi connectivity index (χ0n) is 17.1. The maximum atomic E-state index is 6.26. The van der Waals surface area contributed by atoms with Crippen molar-refractivity contribution >= 4 is 21.6 Å². The molecule has 1 unspecified atom stereocenters. The lowest BCUT2D eigenvalue weighted by atomic mass is 10.0. The Balaban J connectivity index is 3.34. The molecule has 0 spiro atoms. The van der Waals surface area contributed by atoms with Crippen LogP contribution >= 0.6 is 0 Å². The molecule has 1 aromatic carbocycles. The van der Waals surface area contributed by atoms with Crippen molar-refractivity contribution in [2.24, 2.45) is 5.92 Å². The van der Waals surface area contributed by atoms with E-state index >= 15 is 0 Å². The maximum absolute atomic E-state index is 6.26. The Morgan fingerprint density at radius 3 is 1.96 bits per heavy atom. The number of hydrogen-bond acceptors (Lipinski definition) is 2. The standard InChI is InChI=1S/C20H36O2Si2/c1-16(2)15-19(17(3)20(21-4)22-23(5,6)7)24(8,9)18-13-11-10-12-14-18/h10-14,16,19H,15H2,1-9H3/b20-17-. The summed E-state index contributed by atoms with van der Waals surface area (Å²) in [5.74, 6) is 1.40. The van der Waals surface area contributed by atoms with Crippen molar-refractivity contribution in [1.82, 2.24) is 0 Å². The van der Waals surface area contributed by atoms with Gasteiger partial charge >= 0.3 is 0 Å². The van der Waals surface area contributed by atoms with Gasteiger partial charge in [-0.2, -0.15) is 0 Å². The van der Waals surface area contributed by atoms with E-state index in [0.717, 1.165) is 5.95 Å². The summed E-state index contributed by atoms with van der Waals surface area (Å²) in [6.45, 7) is 18.4. The van der Waals surface area contributed by atoms with Crippen molar-refractivity contribution < 1.29 is 9.16 Å². The number of ether oxygens (including phenoxy) is 1. The van der Waals surface area contributed by atoms with Gasteiger partial charge in [-0.3, -0.25) is 0 Å². The van der Waals surface area contributed by atoms with E-state index in [1.54, 1.807) is 7.11 Å². The second kappa shape index (κ2) is 8.39. The SMILES string of the molecule is CO/C(O[Si](C)(C)C)=C(\C)C(CC(C)C)[Si](C)(C)c1ccccc1. The van der Waals surface area contributed by atoms with Crippen LogP contribution in [0.1, 0.15) is 27.2 Å². The fraction of sp³-hybridized carbons (Fsp3) is 0.600. The lowest BCUT2D eigenvalue weighted by molar-refractivity contribution is 0.140. The zero-order chi connectivity index (χ0) is 18.5. The largest absolute Gasteiger partial charge is 0.520 e. The number of allylic oxidation sites excluding steroid dienone is 1. The van der Waals surface area contributed by atoms with Crippen molar-refractivity contribution in [2.45, 2.75) is 65.5 Å². The molecule has 0 aliphatic rings. The Labute approximate surface area is 151 Å². The highest BCUT2D eigenvalue weighted by Crippen LogP contribution is 2.38. The van der Waals surface area contributed by atoms with Crippen molar-refractivity contribution in [2.75, 3.05) is 7.11 Å². The van der Waals surface area contributed by atoms with E-state index in [9.17, 15) is 0 Å². The van der Waals surface area contributed by atoms with Crippen LogP contribution in [0.15, 0.2) is 41.9 Å². The Morgan fingerprint density at radius 1 is 1.00 bits per heavy atom. The van der Waals surface area contributed by atoms with E-state index < -0.39 is 16.4 Å². The molecule has 0 radical (unpaired) electrons. The third kappa shape index (κ3) is 5.81. The molecule has 0 N–H and O–H groups in total. The molecular weight excluding hydrogens is 328 g/mol. The molecule has 1 rings (SSSR count). The topological polar surface area (TPSA) is 18.5 Å². The Hall–Kier alpha value is -1.01. The van der Waals surface area contributed by atoms with Gasteiger partial charge in [0.25, 0.3) is 5.95 Å². The number of benzene rings is 1. The van der Waals surface area contributed by atoms with Crippen molar-refractivity contribution in [3.63, 3.8) is 0 Å². The average Bonchev–Trinajstić information content (AvgIpc) is 2.49. The van der Waals surface area contributed by atoms with E-state index in [0.29, 0.717) is 11.5 Å². The van der Waals surface area contributed by atoms with Gasteiger partial charge in [-0.1, -0.05) is 62.5 Å². The third-order valence-corrected chi connectivity index (χ3v) is 9.56. The molecular formula is C20H36O2Si2. The predicted octanol–water partition coefficient (Wildman–Crippen LogP) is 5.75. The van der Waals surface area contributed by atoms with Gasteiger partial charge in [0.05, 0.1) is 15.2 Å². The van der Waals surface area contributed by atoms with E-state index in [1.807, 2.05) is 0 Å². The van der Waals surface area contributed by atoms with Crippen LogP contribution in [0.3, 0.4) is 0 Å². The number of rotatable bonds is 8. The van der Waals surface area contributed by atoms with Gasteiger partial charge in [0.15, 0.2) is 0 Å². The quantitative estimate of drug-likeness (QED) is 0.432. The van der Waals surface area contributed by atoms with Gasteiger partial charge in [0.1, 0.15) is 0 Å². The first kappa shape index (κ1) is 21.0. The Morgan fingerprint density at radius 2 is 1.54 bits per heavy atom. The van der Waals surface area contributed by atoms with Gasteiger partial charge in [-0.05, 0) is 44.4 Å². The van der Waals surface area contributed by atoms with Crippen molar-refractivity contribution in [3.8, 4) is 0 Å². The minimum absolute atomic E-state index is 0.506. The van der Waals surface area contributed by atoms with Gasteiger partial charge in [-0.15, -0.1) is 0 Å². The molecule has 0 aliphatic carbocycles. The molecule has 0 saturated heterocycles. The fourth-order valence-electron chi connectivity index (χ4n) is 3.26. The first-order chi connectivity index (χ1) is 11.0. The number of methoxy groups -OCH3 is 1. The molecule has 24 heavy (non-hydrogen) atoms. The summed E-state index contributed by atoms with van der Waals surface area (Å²) in [4.78, 5) is 0. The van der Waals surface area contributed by atoms with Gasteiger partial charge in [0, 0.05) is 5.57 Å². The fourth-order valence-corrected chi connectivity index (χ4v) is 7.77. The normalized spacial score (nSPS) is 15.1. The van der Waals surface area contributed by atoms with Crippen LogP contribution in [0.25, 0.3) is 0 Å². The highest BCUT2D eigenvalue weighted by atomic mass is 28.4. The van der Waals surface area contributed by atoms with E-state index in [2.05, 4.69) is 83.8 Å². The first-order valence-electron chi connectivity index (χ1n) is 8.98. The molecule has 0 fully saturated rings. The van der Waals surface area contributed by atoms with Crippen molar-refractivity contribution in [1.29, 1.82) is 0 Å². The molecule has 136 valence electrons. The molecule has 0 aliphatic heterocycles. The number of hydrogen-bond donors (Lipinski definition) is 0. The Bertz CT molecular complexity index is 543. The lowest BCUT2D eigenvalue weighted by Gasteiger charge is -2.36. The summed E-state index contributed by atoms with van der Waals surface area (Å²) in [6.07, 6.45) is 1.17. The van der Waals surface area contributed by atoms with Crippen LogP contribution in [0.4, 0.5) is 0 Å². The predicted molar refractivity (Wildman–Crippen MR) is 111 cm³/mol. The molecule has 4 heteroatoms. The van der Waals surface area contributed by atoms with Crippen LogP contribution in [0.2, 0.25) is 38.3 Å². The monoisotopic (exact) mass is 364 g/mol. The van der Waals surface area contributed by atoms with E-state index in [1.165, 1.54) is 17.2 Å². The van der Waals surface area contributed by atoms with Crippen LogP contribution in [0.5, 0.6) is 0 Å². The molecule has 0 amide bonds. The highest BCUT2D eigenvalue weighted by Gasteiger charge is 2.37. The summed E-state index contributed by atoms with van der Waals surface area (Å²) < 4.78 is 12.0. The molecule has 1 aromatic rings. The highest BCUT2D eigenvalue weighted by molar-refractivity contribution is 6.91. The van der Waals surface area contributed by atoms with Crippen LogP contribution in [-0.4, -0.2) is 23.5 Å². The zero-order valence-corrected chi connectivity index (χ0v) is 19.1. The van der Waals surface area contributed by atoms with E-state index in [-0.39, 0.29) is 0 Å². The van der Waals surface area contributed by atoms with Gasteiger partial charge < -0.3 is 9.16 Å². The molecule has 0 saturated carbocycles. The lowest BCUT2D eigenvalue weighted by Crippen LogP contribution is -2.47. The first-order valence-corrected chi connectivity index (χ1v) is 15.5. The second-order valence-electron chi connectivity index (χ2n) is 8.66. The maximum Gasteiger partial charge on any atom is 0.263 e. The molecule has 0 heterocycles. The molecule has 0 aromatic heterocycles.